The summed E-state index contributed by atoms with van der Waals surface area (Å²) in [6.07, 6.45) is 1.85. The lowest BCUT2D eigenvalue weighted by molar-refractivity contribution is -0.129. The van der Waals surface area contributed by atoms with Crippen molar-refractivity contribution >= 4 is 5.91 Å². The van der Waals surface area contributed by atoms with E-state index >= 15 is 0 Å². The van der Waals surface area contributed by atoms with Gasteiger partial charge in [-0.05, 0) is 24.8 Å². The lowest BCUT2D eigenvalue weighted by atomic mass is 10.0. The van der Waals surface area contributed by atoms with Gasteiger partial charge < -0.3 is 15.2 Å². The smallest absolute Gasteiger partial charge is 0.225 e. The Morgan fingerprint density at radius 3 is 2.89 bits per heavy atom. The first-order chi connectivity index (χ1) is 9.27. The standard InChI is InChI=1S/C15H21NO3/c17-14(12-5-2-1-3-6-12)8-9-16-15(18)13-7-4-10-19-11-13/h1-3,5-6,13-14,17H,4,7-11H2,(H,16,18). The maximum absolute atomic E-state index is 11.8. The molecule has 1 fully saturated rings. The first-order valence-corrected chi connectivity index (χ1v) is 6.86. The van der Waals surface area contributed by atoms with Crippen LogP contribution < -0.4 is 5.32 Å². The zero-order valence-electron chi connectivity index (χ0n) is 11.0. The molecule has 1 aliphatic heterocycles. The third-order valence-corrected chi connectivity index (χ3v) is 3.43. The summed E-state index contributed by atoms with van der Waals surface area (Å²) >= 11 is 0. The highest BCUT2D eigenvalue weighted by Crippen LogP contribution is 2.16. The van der Waals surface area contributed by atoms with E-state index in [0.717, 1.165) is 25.0 Å². The van der Waals surface area contributed by atoms with E-state index in [1.54, 1.807) is 0 Å². The zero-order chi connectivity index (χ0) is 13.5. The summed E-state index contributed by atoms with van der Waals surface area (Å²) in [4.78, 5) is 11.8. The first kappa shape index (κ1) is 14.0. The van der Waals surface area contributed by atoms with Crippen LogP contribution in [0.5, 0.6) is 0 Å². The van der Waals surface area contributed by atoms with Crippen LogP contribution in [0.4, 0.5) is 0 Å². The van der Waals surface area contributed by atoms with Crippen molar-refractivity contribution in [3.05, 3.63) is 35.9 Å². The molecule has 1 aromatic rings. The number of carbonyl (C=O) groups excluding carboxylic acids is 1. The molecule has 19 heavy (non-hydrogen) atoms. The molecule has 0 spiro atoms. The van der Waals surface area contributed by atoms with Crippen molar-refractivity contribution in [1.82, 2.24) is 5.32 Å². The van der Waals surface area contributed by atoms with Crippen molar-refractivity contribution in [2.24, 2.45) is 5.92 Å². The lowest BCUT2D eigenvalue weighted by Crippen LogP contribution is -2.36. The molecule has 4 nitrogen and oxygen atoms in total. The first-order valence-electron chi connectivity index (χ1n) is 6.86. The molecule has 0 aromatic heterocycles. The predicted octanol–water partition coefficient (Wildman–Crippen LogP) is 1.65. The molecule has 4 heteroatoms. The lowest BCUT2D eigenvalue weighted by Gasteiger charge is -2.21. The van der Waals surface area contributed by atoms with Crippen LogP contribution in [0.3, 0.4) is 0 Å². The third kappa shape index (κ3) is 4.33. The fourth-order valence-electron chi connectivity index (χ4n) is 2.27. The van der Waals surface area contributed by atoms with Gasteiger partial charge in [-0.3, -0.25) is 4.79 Å². The Bertz CT molecular complexity index is 388. The van der Waals surface area contributed by atoms with Gasteiger partial charge >= 0.3 is 0 Å². The second kappa shape index (κ2) is 7.26. The summed E-state index contributed by atoms with van der Waals surface area (Å²) in [5.41, 5.74) is 0.887. The highest BCUT2D eigenvalue weighted by Gasteiger charge is 2.21. The van der Waals surface area contributed by atoms with Crippen molar-refractivity contribution in [3.63, 3.8) is 0 Å². The highest BCUT2D eigenvalue weighted by molar-refractivity contribution is 5.78. The molecule has 0 aliphatic carbocycles. The molecule has 0 radical (unpaired) electrons. The van der Waals surface area contributed by atoms with Crippen molar-refractivity contribution < 1.29 is 14.6 Å². The number of nitrogens with one attached hydrogen (secondary N) is 1. The van der Waals surface area contributed by atoms with Gasteiger partial charge in [-0.1, -0.05) is 30.3 Å². The molecule has 2 rings (SSSR count). The largest absolute Gasteiger partial charge is 0.388 e. The molecule has 104 valence electrons. The molecule has 1 aromatic carbocycles. The van der Waals surface area contributed by atoms with Gasteiger partial charge in [0, 0.05) is 13.2 Å². The molecule has 2 atom stereocenters. The Morgan fingerprint density at radius 2 is 2.21 bits per heavy atom. The average Bonchev–Trinajstić information content (AvgIpc) is 2.49. The molecular weight excluding hydrogens is 242 g/mol. The Kier molecular flexibility index (Phi) is 5.36. The summed E-state index contributed by atoms with van der Waals surface area (Å²) in [5, 5.41) is 12.8. The van der Waals surface area contributed by atoms with Crippen LogP contribution in [0, 0.1) is 5.92 Å². The summed E-state index contributed by atoms with van der Waals surface area (Å²) in [5.74, 6) is 0.0163. The van der Waals surface area contributed by atoms with Gasteiger partial charge in [0.25, 0.3) is 0 Å². The number of benzene rings is 1. The number of rotatable bonds is 5. The SMILES string of the molecule is O=C(NCCC(O)c1ccccc1)C1CCCOC1. The summed E-state index contributed by atoms with van der Waals surface area (Å²) in [6.45, 7) is 1.77. The minimum atomic E-state index is -0.524. The van der Waals surface area contributed by atoms with Crippen molar-refractivity contribution in [2.45, 2.75) is 25.4 Å². The molecule has 1 saturated heterocycles. The van der Waals surface area contributed by atoms with Gasteiger partial charge in [0.1, 0.15) is 0 Å². The number of carbonyl (C=O) groups is 1. The van der Waals surface area contributed by atoms with Gasteiger partial charge in [-0.15, -0.1) is 0 Å². The predicted molar refractivity (Wildman–Crippen MR) is 72.6 cm³/mol. The molecule has 2 unspecified atom stereocenters. The topological polar surface area (TPSA) is 58.6 Å². The fourth-order valence-corrected chi connectivity index (χ4v) is 2.27. The molecule has 0 saturated carbocycles. The maximum atomic E-state index is 11.8. The number of ether oxygens (including phenoxy) is 1. The zero-order valence-corrected chi connectivity index (χ0v) is 11.0. The minimum Gasteiger partial charge on any atom is -0.388 e. The van der Waals surface area contributed by atoms with Crippen LogP contribution in [0.1, 0.15) is 30.9 Å². The molecule has 1 aliphatic rings. The Morgan fingerprint density at radius 1 is 1.42 bits per heavy atom. The Hall–Kier alpha value is -1.39. The Labute approximate surface area is 113 Å². The van der Waals surface area contributed by atoms with Crippen molar-refractivity contribution in [2.75, 3.05) is 19.8 Å². The minimum absolute atomic E-state index is 0.0254. The van der Waals surface area contributed by atoms with Crippen molar-refractivity contribution in [3.8, 4) is 0 Å². The number of amides is 1. The van der Waals surface area contributed by atoms with E-state index in [2.05, 4.69) is 5.32 Å². The van der Waals surface area contributed by atoms with Gasteiger partial charge in [-0.2, -0.15) is 0 Å². The molecule has 1 heterocycles. The number of aliphatic hydroxyl groups is 1. The molecule has 1 amide bonds. The summed E-state index contributed by atoms with van der Waals surface area (Å²) < 4.78 is 5.29. The maximum Gasteiger partial charge on any atom is 0.225 e. The van der Waals surface area contributed by atoms with E-state index in [4.69, 9.17) is 4.74 Å². The van der Waals surface area contributed by atoms with Gasteiger partial charge in [-0.25, -0.2) is 0 Å². The van der Waals surface area contributed by atoms with E-state index in [0.29, 0.717) is 19.6 Å². The number of aliphatic hydroxyl groups excluding tert-OH is 1. The van der Waals surface area contributed by atoms with Crippen LogP contribution in [0.2, 0.25) is 0 Å². The Balaban J connectivity index is 1.69. The quantitative estimate of drug-likeness (QED) is 0.849. The average molecular weight is 263 g/mol. The van der Waals surface area contributed by atoms with Crippen LogP contribution in [-0.4, -0.2) is 30.8 Å². The third-order valence-electron chi connectivity index (χ3n) is 3.43. The van der Waals surface area contributed by atoms with Crippen molar-refractivity contribution in [1.29, 1.82) is 0 Å². The monoisotopic (exact) mass is 263 g/mol. The van der Waals surface area contributed by atoms with E-state index in [1.165, 1.54) is 0 Å². The van der Waals surface area contributed by atoms with E-state index in [1.807, 2.05) is 30.3 Å². The second-order valence-corrected chi connectivity index (χ2v) is 4.92. The summed E-state index contributed by atoms with van der Waals surface area (Å²) in [6, 6.07) is 9.50. The van der Waals surface area contributed by atoms with Crippen LogP contribution in [0.25, 0.3) is 0 Å². The van der Waals surface area contributed by atoms with Crippen LogP contribution in [-0.2, 0) is 9.53 Å². The van der Waals surface area contributed by atoms with E-state index < -0.39 is 6.10 Å². The van der Waals surface area contributed by atoms with Gasteiger partial charge in [0.2, 0.25) is 5.91 Å². The normalized spacial score (nSPS) is 20.8. The van der Waals surface area contributed by atoms with E-state index in [9.17, 15) is 9.90 Å². The molecular formula is C15H21NO3. The van der Waals surface area contributed by atoms with Crippen LogP contribution >= 0.6 is 0 Å². The summed E-state index contributed by atoms with van der Waals surface area (Å²) in [7, 11) is 0. The van der Waals surface area contributed by atoms with Gasteiger partial charge in [0.15, 0.2) is 0 Å². The molecule has 2 N–H and O–H groups in total. The van der Waals surface area contributed by atoms with Gasteiger partial charge in [0.05, 0.1) is 18.6 Å². The van der Waals surface area contributed by atoms with E-state index in [-0.39, 0.29) is 11.8 Å². The second-order valence-electron chi connectivity index (χ2n) is 4.92. The molecule has 0 bridgehead atoms. The number of hydrogen-bond donors (Lipinski definition) is 2. The van der Waals surface area contributed by atoms with Crippen LogP contribution in [0.15, 0.2) is 30.3 Å². The number of hydrogen-bond acceptors (Lipinski definition) is 3. The highest BCUT2D eigenvalue weighted by atomic mass is 16.5. The fraction of sp³-hybridized carbons (Fsp3) is 0.533.